The molecule has 0 bridgehead atoms. The molecular formula is C15H20N+. The molecular weight excluding hydrogens is 194 g/mol. The van der Waals surface area contributed by atoms with Crippen LogP contribution in [0.25, 0.3) is 10.9 Å². The molecule has 0 unspecified atom stereocenters. The van der Waals surface area contributed by atoms with Gasteiger partial charge in [0.15, 0.2) is 12.2 Å². The van der Waals surface area contributed by atoms with E-state index in [9.17, 15) is 0 Å². The van der Waals surface area contributed by atoms with E-state index >= 15 is 0 Å². The van der Waals surface area contributed by atoms with Gasteiger partial charge >= 0.3 is 0 Å². The third-order valence-corrected chi connectivity index (χ3v) is 3.08. The quantitative estimate of drug-likeness (QED) is 0.669. The second-order valence-electron chi connectivity index (χ2n) is 4.98. The highest BCUT2D eigenvalue weighted by molar-refractivity contribution is 5.76. The van der Waals surface area contributed by atoms with Crippen LogP contribution in [0, 0.1) is 0 Å². The first-order valence-electron chi connectivity index (χ1n) is 6.03. The van der Waals surface area contributed by atoms with Crippen LogP contribution < -0.4 is 4.57 Å². The number of benzene rings is 1. The van der Waals surface area contributed by atoms with Crippen molar-refractivity contribution >= 4 is 10.9 Å². The minimum Gasteiger partial charge on any atom is -0.196 e. The molecule has 0 saturated carbocycles. The van der Waals surface area contributed by atoms with E-state index in [0.29, 0.717) is 12.0 Å². The number of rotatable bonds is 2. The van der Waals surface area contributed by atoms with Gasteiger partial charge in [-0.1, -0.05) is 19.9 Å². The zero-order valence-electron chi connectivity index (χ0n) is 10.6. The molecule has 0 fully saturated rings. The lowest BCUT2D eigenvalue weighted by Gasteiger charge is -2.08. The van der Waals surface area contributed by atoms with E-state index in [1.54, 1.807) is 0 Å². The van der Waals surface area contributed by atoms with Crippen molar-refractivity contribution in [1.29, 1.82) is 0 Å². The van der Waals surface area contributed by atoms with Crippen LogP contribution in [0.3, 0.4) is 0 Å². The molecule has 0 amide bonds. The number of pyridine rings is 1. The summed E-state index contributed by atoms with van der Waals surface area (Å²) < 4.78 is 2.33. The van der Waals surface area contributed by atoms with Crippen molar-refractivity contribution in [3.63, 3.8) is 0 Å². The molecule has 2 rings (SSSR count). The van der Waals surface area contributed by atoms with Crippen LogP contribution in [-0.4, -0.2) is 0 Å². The lowest BCUT2D eigenvalue weighted by Crippen LogP contribution is -2.36. The topological polar surface area (TPSA) is 3.88 Å². The van der Waals surface area contributed by atoms with Crippen LogP contribution in [0.2, 0.25) is 0 Å². The van der Waals surface area contributed by atoms with Gasteiger partial charge in [0.05, 0.1) is 0 Å². The minimum absolute atomic E-state index is 0.506. The zero-order chi connectivity index (χ0) is 11.7. The van der Waals surface area contributed by atoms with Gasteiger partial charge in [-0.3, -0.25) is 0 Å². The Balaban J connectivity index is 2.68. The van der Waals surface area contributed by atoms with Crippen molar-refractivity contribution < 1.29 is 4.57 Å². The lowest BCUT2D eigenvalue weighted by molar-refractivity contribution is -0.691. The van der Waals surface area contributed by atoms with Crippen LogP contribution >= 0.6 is 0 Å². The van der Waals surface area contributed by atoms with Gasteiger partial charge in [0, 0.05) is 17.5 Å². The Morgan fingerprint density at radius 3 is 2.38 bits per heavy atom. The van der Waals surface area contributed by atoms with Gasteiger partial charge in [0.2, 0.25) is 5.52 Å². The summed E-state index contributed by atoms with van der Waals surface area (Å²) in [6.07, 6.45) is 2.16. The maximum absolute atomic E-state index is 2.33. The molecule has 1 aromatic heterocycles. The second-order valence-corrected chi connectivity index (χ2v) is 4.98. The first kappa shape index (κ1) is 11.1. The Labute approximate surface area is 97.7 Å². The predicted molar refractivity (Wildman–Crippen MR) is 68.6 cm³/mol. The highest BCUT2D eigenvalue weighted by Gasteiger charge is 2.12. The van der Waals surface area contributed by atoms with E-state index in [0.717, 1.165) is 0 Å². The summed E-state index contributed by atoms with van der Waals surface area (Å²) >= 11 is 0. The van der Waals surface area contributed by atoms with Crippen molar-refractivity contribution in [3.8, 4) is 0 Å². The summed E-state index contributed by atoms with van der Waals surface area (Å²) in [6, 6.07) is 11.6. The molecule has 0 aliphatic carbocycles. The Hall–Kier alpha value is -1.37. The van der Waals surface area contributed by atoms with Crippen molar-refractivity contribution in [2.75, 3.05) is 0 Å². The summed E-state index contributed by atoms with van der Waals surface area (Å²) in [7, 11) is 0. The molecule has 16 heavy (non-hydrogen) atoms. The molecule has 0 radical (unpaired) electrons. The summed E-state index contributed by atoms with van der Waals surface area (Å²) in [5.74, 6) is 0.588. The largest absolute Gasteiger partial charge is 0.212 e. The minimum atomic E-state index is 0.506. The number of hydrogen-bond donors (Lipinski definition) is 0. The third kappa shape index (κ3) is 1.95. The van der Waals surface area contributed by atoms with Crippen LogP contribution in [0.4, 0.5) is 0 Å². The van der Waals surface area contributed by atoms with E-state index in [1.807, 2.05) is 0 Å². The van der Waals surface area contributed by atoms with Gasteiger partial charge in [-0.25, -0.2) is 0 Å². The number of fused-ring (bicyclic) bond motifs is 1. The van der Waals surface area contributed by atoms with E-state index in [1.165, 1.54) is 16.5 Å². The van der Waals surface area contributed by atoms with E-state index in [2.05, 4.69) is 68.8 Å². The molecule has 1 aromatic carbocycles. The monoisotopic (exact) mass is 214 g/mol. The molecule has 84 valence electrons. The van der Waals surface area contributed by atoms with Gasteiger partial charge in [-0.2, -0.15) is 4.57 Å². The smallest absolute Gasteiger partial charge is 0.196 e. The molecule has 0 aliphatic heterocycles. The Bertz CT molecular complexity index is 498. The normalized spacial score (nSPS) is 11.6. The first-order valence-corrected chi connectivity index (χ1v) is 6.03. The maximum Gasteiger partial charge on any atom is 0.212 e. The average molecular weight is 214 g/mol. The molecule has 0 atom stereocenters. The number of aromatic nitrogens is 1. The predicted octanol–water partition coefficient (Wildman–Crippen LogP) is 3.83. The van der Waals surface area contributed by atoms with Crippen LogP contribution in [-0.2, 0) is 0 Å². The highest BCUT2D eigenvalue weighted by Crippen LogP contribution is 2.19. The molecule has 1 heterocycles. The summed E-state index contributed by atoms with van der Waals surface area (Å²) in [4.78, 5) is 0. The average Bonchev–Trinajstić information content (AvgIpc) is 2.27. The Kier molecular flexibility index (Phi) is 2.95. The van der Waals surface area contributed by atoms with Gasteiger partial charge < -0.3 is 0 Å². The molecule has 1 heteroatoms. The standard InChI is InChI=1S/C15H20N/c1-11(2)14-8-7-13-6-5-9-16(12(3)4)15(13)10-14/h5-12H,1-4H3/q+1. The Morgan fingerprint density at radius 2 is 1.75 bits per heavy atom. The fourth-order valence-corrected chi connectivity index (χ4v) is 2.05. The van der Waals surface area contributed by atoms with Crippen LogP contribution in [0.5, 0.6) is 0 Å². The van der Waals surface area contributed by atoms with Crippen molar-refractivity contribution in [2.45, 2.75) is 39.7 Å². The van der Waals surface area contributed by atoms with Gasteiger partial charge in [-0.15, -0.1) is 0 Å². The van der Waals surface area contributed by atoms with E-state index < -0.39 is 0 Å². The van der Waals surface area contributed by atoms with Crippen LogP contribution in [0.1, 0.15) is 45.2 Å². The fourth-order valence-electron chi connectivity index (χ4n) is 2.05. The third-order valence-electron chi connectivity index (χ3n) is 3.08. The number of hydrogen-bond acceptors (Lipinski definition) is 0. The SMILES string of the molecule is CC(C)c1ccc2ccc[n+](C(C)C)c2c1. The van der Waals surface area contributed by atoms with E-state index in [4.69, 9.17) is 0 Å². The summed E-state index contributed by atoms with van der Waals surface area (Å²) in [5.41, 5.74) is 2.75. The second kappa shape index (κ2) is 4.25. The molecule has 0 N–H and O–H groups in total. The van der Waals surface area contributed by atoms with Crippen molar-refractivity contribution in [3.05, 3.63) is 42.1 Å². The molecule has 2 aromatic rings. The summed E-state index contributed by atoms with van der Waals surface area (Å²) in [6.45, 7) is 8.93. The van der Waals surface area contributed by atoms with Gasteiger partial charge in [-0.05, 0) is 37.5 Å². The number of nitrogens with zero attached hydrogens (tertiary/aromatic N) is 1. The zero-order valence-corrected chi connectivity index (χ0v) is 10.6. The molecule has 0 aliphatic rings. The van der Waals surface area contributed by atoms with Crippen molar-refractivity contribution in [2.24, 2.45) is 0 Å². The van der Waals surface area contributed by atoms with E-state index in [-0.39, 0.29) is 0 Å². The van der Waals surface area contributed by atoms with Gasteiger partial charge in [0.25, 0.3) is 0 Å². The summed E-state index contributed by atoms with van der Waals surface area (Å²) in [5, 5.41) is 1.32. The lowest BCUT2D eigenvalue weighted by atomic mass is 10.0. The fraction of sp³-hybridized carbons (Fsp3) is 0.400. The molecule has 0 spiro atoms. The van der Waals surface area contributed by atoms with Crippen LogP contribution in [0.15, 0.2) is 36.5 Å². The first-order chi connectivity index (χ1) is 7.59. The van der Waals surface area contributed by atoms with Crippen molar-refractivity contribution in [1.82, 2.24) is 0 Å². The molecule has 0 saturated heterocycles. The highest BCUT2D eigenvalue weighted by atomic mass is 15.0. The van der Waals surface area contributed by atoms with Gasteiger partial charge in [0.1, 0.15) is 0 Å². The Morgan fingerprint density at radius 1 is 1.00 bits per heavy atom. The molecule has 1 nitrogen and oxygen atoms in total. The maximum atomic E-state index is 2.33.